The van der Waals surface area contributed by atoms with Crippen LogP contribution < -0.4 is 10.1 Å². The van der Waals surface area contributed by atoms with Crippen molar-refractivity contribution in [3.63, 3.8) is 0 Å². The molecule has 0 radical (unpaired) electrons. The second-order valence-corrected chi connectivity index (χ2v) is 5.45. The summed E-state index contributed by atoms with van der Waals surface area (Å²) in [4.78, 5) is 17.5. The summed E-state index contributed by atoms with van der Waals surface area (Å²) in [7, 11) is 1.64. The number of hydrogen-bond acceptors (Lipinski definition) is 4. The highest BCUT2D eigenvalue weighted by molar-refractivity contribution is 7.13. The SMILES string of the molecule is COc1ccc(C2=N[C@@H](C)C(=O)Nc3ccsc32)cc1. The molecule has 20 heavy (non-hydrogen) atoms. The molecule has 0 fully saturated rings. The number of nitrogens with zero attached hydrogens (tertiary/aromatic N) is 1. The summed E-state index contributed by atoms with van der Waals surface area (Å²) in [5, 5.41) is 4.86. The molecule has 0 saturated heterocycles. The van der Waals surface area contributed by atoms with E-state index < -0.39 is 6.04 Å². The number of thiophene rings is 1. The maximum atomic E-state index is 11.9. The summed E-state index contributed by atoms with van der Waals surface area (Å²) < 4.78 is 5.17. The molecule has 0 unspecified atom stereocenters. The number of methoxy groups -OCH3 is 1. The minimum atomic E-state index is -0.397. The molecular weight excluding hydrogens is 272 g/mol. The lowest BCUT2D eigenvalue weighted by atomic mass is 10.1. The second-order valence-electron chi connectivity index (χ2n) is 4.53. The Kier molecular flexibility index (Phi) is 3.28. The first-order valence-corrected chi connectivity index (χ1v) is 7.18. The first-order chi connectivity index (χ1) is 9.69. The second kappa shape index (κ2) is 5.09. The number of amides is 1. The van der Waals surface area contributed by atoms with Crippen LogP contribution in [0.3, 0.4) is 0 Å². The van der Waals surface area contributed by atoms with Crippen molar-refractivity contribution in [2.75, 3.05) is 12.4 Å². The highest BCUT2D eigenvalue weighted by Gasteiger charge is 2.23. The van der Waals surface area contributed by atoms with Gasteiger partial charge in [-0.3, -0.25) is 9.79 Å². The van der Waals surface area contributed by atoms with Crippen molar-refractivity contribution in [2.24, 2.45) is 4.99 Å². The van der Waals surface area contributed by atoms with E-state index in [1.54, 1.807) is 25.4 Å². The summed E-state index contributed by atoms with van der Waals surface area (Å²) in [5.74, 6) is 0.727. The molecule has 1 aromatic heterocycles. The molecule has 4 nitrogen and oxygen atoms in total. The fourth-order valence-corrected chi connectivity index (χ4v) is 2.96. The Balaban J connectivity index is 2.10. The highest BCUT2D eigenvalue weighted by atomic mass is 32.1. The monoisotopic (exact) mass is 286 g/mol. The fraction of sp³-hybridized carbons (Fsp3) is 0.200. The molecule has 1 aliphatic rings. The minimum absolute atomic E-state index is 0.0758. The van der Waals surface area contributed by atoms with Gasteiger partial charge in [0.05, 0.1) is 23.4 Å². The number of anilines is 1. The van der Waals surface area contributed by atoms with E-state index >= 15 is 0 Å². The number of fused-ring (bicyclic) bond motifs is 1. The number of carbonyl (C=O) groups is 1. The standard InChI is InChI=1S/C15H14N2O2S/c1-9-15(18)17-12-7-8-20-14(12)13(16-9)10-3-5-11(19-2)6-4-10/h3-9H,1-2H3,(H,17,18)/t9-/m0/s1. The van der Waals surface area contributed by atoms with Gasteiger partial charge in [-0.25, -0.2) is 0 Å². The molecule has 1 amide bonds. The van der Waals surface area contributed by atoms with E-state index in [1.165, 1.54) is 0 Å². The lowest BCUT2D eigenvalue weighted by molar-refractivity contribution is -0.116. The highest BCUT2D eigenvalue weighted by Crippen LogP contribution is 2.29. The molecule has 2 heterocycles. The van der Waals surface area contributed by atoms with Gasteiger partial charge in [0, 0.05) is 5.56 Å². The predicted octanol–water partition coefficient (Wildman–Crippen LogP) is 2.93. The van der Waals surface area contributed by atoms with Crippen LogP contribution in [0.1, 0.15) is 17.4 Å². The van der Waals surface area contributed by atoms with Gasteiger partial charge in [-0.2, -0.15) is 0 Å². The third kappa shape index (κ3) is 2.20. The lowest BCUT2D eigenvalue weighted by Gasteiger charge is -2.07. The predicted molar refractivity (Wildman–Crippen MR) is 81.0 cm³/mol. The molecule has 0 bridgehead atoms. The van der Waals surface area contributed by atoms with Gasteiger partial charge < -0.3 is 10.1 Å². The van der Waals surface area contributed by atoms with E-state index in [0.717, 1.165) is 27.6 Å². The normalized spacial score (nSPS) is 17.8. The van der Waals surface area contributed by atoms with Crippen LogP contribution in [-0.4, -0.2) is 24.8 Å². The van der Waals surface area contributed by atoms with E-state index in [0.29, 0.717) is 0 Å². The number of aliphatic imine (C=N–C) groups is 1. The zero-order valence-corrected chi connectivity index (χ0v) is 12.0. The van der Waals surface area contributed by atoms with E-state index in [-0.39, 0.29) is 5.91 Å². The number of hydrogen-bond donors (Lipinski definition) is 1. The summed E-state index contributed by atoms with van der Waals surface area (Å²) >= 11 is 1.58. The molecule has 2 aromatic rings. The van der Waals surface area contributed by atoms with E-state index in [4.69, 9.17) is 4.74 Å². The fourth-order valence-electron chi connectivity index (χ4n) is 2.09. The molecule has 0 aliphatic carbocycles. The Morgan fingerprint density at radius 2 is 2.00 bits per heavy atom. The van der Waals surface area contributed by atoms with Crippen LogP contribution in [0, 0.1) is 0 Å². The molecule has 1 atom stereocenters. The number of rotatable bonds is 2. The van der Waals surface area contributed by atoms with Gasteiger partial charge in [-0.05, 0) is 42.6 Å². The molecule has 1 aliphatic heterocycles. The zero-order chi connectivity index (χ0) is 14.1. The number of nitrogens with one attached hydrogen (secondary N) is 1. The maximum Gasteiger partial charge on any atom is 0.248 e. The summed E-state index contributed by atoms with van der Waals surface area (Å²) in [5.41, 5.74) is 2.67. The van der Waals surface area contributed by atoms with Gasteiger partial charge in [0.15, 0.2) is 0 Å². The van der Waals surface area contributed by atoms with Gasteiger partial charge in [-0.1, -0.05) is 0 Å². The van der Waals surface area contributed by atoms with Gasteiger partial charge in [0.1, 0.15) is 11.8 Å². The van der Waals surface area contributed by atoms with Gasteiger partial charge in [0.2, 0.25) is 5.91 Å². The van der Waals surface area contributed by atoms with Crippen molar-refractivity contribution in [1.29, 1.82) is 0 Å². The van der Waals surface area contributed by atoms with Gasteiger partial charge in [-0.15, -0.1) is 11.3 Å². The molecule has 0 saturated carbocycles. The topological polar surface area (TPSA) is 50.7 Å². The van der Waals surface area contributed by atoms with Crippen LogP contribution in [0.5, 0.6) is 5.75 Å². The Hall–Kier alpha value is -2.14. The van der Waals surface area contributed by atoms with Crippen molar-refractivity contribution in [3.8, 4) is 5.75 Å². The van der Waals surface area contributed by atoms with Crippen LogP contribution in [0.2, 0.25) is 0 Å². The smallest absolute Gasteiger partial charge is 0.248 e. The van der Waals surface area contributed by atoms with Crippen molar-refractivity contribution in [1.82, 2.24) is 0 Å². The van der Waals surface area contributed by atoms with Crippen LogP contribution in [0.4, 0.5) is 5.69 Å². The van der Waals surface area contributed by atoms with Crippen LogP contribution in [0.15, 0.2) is 40.7 Å². The van der Waals surface area contributed by atoms with E-state index in [1.807, 2.05) is 35.7 Å². The van der Waals surface area contributed by atoms with Crippen molar-refractivity contribution in [2.45, 2.75) is 13.0 Å². The molecule has 1 aromatic carbocycles. The first kappa shape index (κ1) is 12.9. The van der Waals surface area contributed by atoms with E-state index in [9.17, 15) is 4.79 Å². The Morgan fingerprint density at radius 1 is 1.25 bits per heavy atom. The summed E-state index contributed by atoms with van der Waals surface area (Å²) in [6.45, 7) is 1.80. The quantitative estimate of drug-likeness (QED) is 0.922. The van der Waals surface area contributed by atoms with Crippen molar-refractivity contribution < 1.29 is 9.53 Å². The molecule has 1 N–H and O–H groups in total. The first-order valence-electron chi connectivity index (χ1n) is 6.30. The Labute approximate surface area is 121 Å². The third-order valence-corrected chi connectivity index (χ3v) is 4.12. The average Bonchev–Trinajstić information content (AvgIpc) is 2.88. The molecule has 102 valence electrons. The van der Waals surface area contributed by atoms with E-state index in [2.05, 4.69) is 10.3 Å². The van der Waals surface area contributed by atoms with Gasteiger partial charge >= 0.3 is 0 Å². The number of benzene rings is 1. The van der Waals surface area contributed by atoms with Gasteiger partial charge in [0.25, 0.3) is 0 Å². The van der Waals surface area contributed by atoms with Crippen molar-refractivity contribution in [3.05, 3.63) is 46.2 Å². The largest absolute Gasteiger partial charge is 0.497 e. The van der Waals surface area contributed by atoms with Crippen LogP contribution in [0.25, 0.3) is 0 Å². The average molecular weight is 286 g/mol. The third-order valence-electron chi connectivity index (χ3n) is 3.20. The molecule has 0 spiro atoms. The summed E-state index contributed by atoms with van der Waals surface area (Å²) in [6, 6.07) is 9.24. The minimum Gasteiger partial charge on any atom is -0.497 e. The number of ether oxygens (including phenoxy) is 1. The molecule has 3 rings (SSSR count). The Bertz CT molecular complexity index is 673. The van der Waals surface area contributed by atoms with Crippen LogP contribution >= 0.6 is 11.3 Å². The molecule has 5 heteroatoms. The Morgan fingerprint density at radius 3 is 2.70 bits per heavy atom. The van der Waals surface area contributed by atoms with Crippen LogP contribution in [-0.2, 0) is 4.79 Å². The molecular formula is C15H14N2O2S. The zero-order valence-electron chi connectivity index (χ0n) is 11.2. The van der Waals surface area contributed by atoms with Crippen molar-refractivity contribution >= 4 is 28.6 Å². The lowest BCUT2D eigenvalue weighted by Crippen LogP contribution is -2.22. The summed E-state index contributed by atoms with van der Waals surface area (Å²) in [6.07, 6.45) is 0. The maximum absolute atomic E-state index is 11.9. The number of carbonyl (C=O) groups excluding carboxylic acids is 1.